The van der Waals surface area contributed by atoms with Crippen molar-refractivity contribution in [2.24, 2.45) is 0 Å². The lowest BCUT2D eigenvalue weighted by Gasteiger charge is -2.06. The highest BCUT2D eigenvalue weighted by Crippen LogP contribution is 2.25. The van der Waals surface area contributed by atoms with E-state index in [0.29, 0.717) is 17.3 Å². The van der Waals surface area contributed by atoms with E-state index in [1.54, 1.807) is 23.1 Å². The molecule has 0 aliphatic heterocycles. The van der Waals surface area contributed by atoms with Crippen molar-refractivity contribution >= 4 is 52.2 Å². The van der Waals surface area contributed by atoms with Crippen molar-refractivity contribution < 1.29 is 4.79 Å². The number of thioether (sulfide) groups is 1. The van der Waals surface area contributed by atoms with Crippen molar-refractivity contribution in [3.8, 4) is 0 Å². The zero-order valence-electron chi connectivity index (χ0n) is 10.6. The maximum atomic E-state index is 11.7. The smallest absolute Gasteiger partial charge is 0.230 e. The predicted octanol–water partition coefficient (Wildman–Crippen LogP) is 4.60. The van der Waals surface area contributed by atoms with Gasteiger partial charge in [-0.1, -0.05) is 41.4 Å². The summed E-state index contributed by atoms with van der Waals surface area (Å²) in [6, 6.07) is 11.4. The molecule has 20 heavy (non-hydrogen) atoms. The molecule has 1 aromatic heterocycles. The number of hydrogen-bond acceptors (Lipinski definition) is 3. The van der Waals surface area contributed by atoms with Gasteiger partial charge in [-0.15, -0.1) is 23.1 Å². The van der Waals surface area contributed by atoms with E-state index in [9.17, 15) is 4.79 Å². The molecule has 2 rings (SSSR count). The van der Waals surface area contributed by atoms with Gasteiger partial charge >= 0.3 is 0 Å². The molecule has 0 saturated carbocycles. The van der Waals surface area contributed by atoms with Crippen molar-refractivity contribution in [1.29, 1.82) is 0 Å². The normalized spacial score (nSPS) is 10.5. The molecule has 1 heterocycles. The standard InChI is InChI=1S/C14H13Cl2NOS2/c15-12-4-2-1-3-10(12)7-17-14(18)9-19-8-11-5-6-13(16)20-11/h1-6H,7-9H2,(H,17,18). The molecule has 0 atom stereocenters. The minimum Gasteiger partial charge on any atom is -0.351 e. The quantitative estimate of drug-likeness (QED) is 0.828. The van der Waals surface area contributed by atoms with Crippen LogP contribution in [-0.2, 0) is 17.1 Å². The van der Waals surface area contributed by atoms with Gasteiger partial charge in [-0.05, 0) is 23.8 Å². The van der Waals surface area contributed by atoms with E-state index in [1.165, 1.54) is 4.88 Å². The summed E-state index contributed by atoms with van der Waals surface area (Å²) >= 11 is 15.0. The Morgan fingerprint density at radius 3 is 2.70 bits per heavy atom. The van der Waals surface area contributed by atoms with Crippen molar-refractivity contribution in [3.05, 3.63) is 56.2 Å². The van der Waals surface area contributed by atoms with Crippen LogP contribution >= 0.6 is 46.3 Å². The summed E-state index contributed by atoms with van der Waals surface area (Å²) < 4.78 is 0.781. The Morgan fingerprint density at radius 1 is 1.20 bits per heavy atom. The molecule has 6 heteroatoms. The highest BCUT2D eigenvalue weighted by molar-refractivity contribution is 7.99. The fourth-order valence-corrected chi connectivity index (χ4v) is 3.82. The van der Waals surface area contributed by atoms with Gasteiger partial charge in [-0.3, -0.25) is 4.79 Å². The molecule has 106 valence electrons. The van der Waals surface area contributed by atoms with Crippen LogP contribution in [0.3, 0.4) is 0 Å². The van der Waals surface area contributed by atoms with Gasteiger partial charge in [0.2, 0.25) is 5.91 Å². The van der Waals surface area contributed by atoms with E-state index in [2.05, 4.69) is 5.32 Å². The van der Waals surface area contributed by atoms with Gasteiger partial charge in [0.15, 0.2) is 0 Å². The van der Waals surface area contributed by atoms with Crippen molar-refractivity contribution in [1.82, 2.24) is 5.32 Å². The minimum atomic E-state index is 0.0116. The number of carbonyl (C=O) groups excluding carboxylic acids is 1. The Bertz CT molecular complexity index is 586. The van der Waals surface area contributed by atoms with Crippen LogP contribution in [0.1, 0.15) is 10.4 Å². The Labute approximate surface area is 136 Å². The first kappa shape index (κ1) is 15.7. The molecule has 2 nitrogen and oxygen atoms in total. The molecule has 2 aromatic rings. The summed E-state index contributed by atoms with van der Waals surface area (Å²) in [5.74, 6) is 1.24. The summed E-state index contributed by atoms with van der Waals surface area (Å²) in [6.45, 7) is 0.462. The first-order chi connectivity index (χ1) is 9.65. The molecule has 0 aliphatic rings. The Balaban J connectivity index is 1.69. The first-order valence-corrected chi connectivity index (χ1v) is 8.70. The van der Waals surface area contributed by atoms with Crippen LogP contribution in [0.4, 0.5) is 0 Å². The zero-order chi connectivity index (χ0) is 14.4. The molecule has 1 N–H and O–H groups in total. The van der Waals surface area contributed by atoms with Crippen LogP contribution in [0, 0.1) is 0 Å². The second kappa shape index (κ2) is 7.93. The number of hydrogen-bond donors (Lipinski definition) is 1. The van der Waals surface area contributed by atoms with E-state index in [-0.39, 0.29) is 5.91 Å². The van der Waals surface area contributed by atoms with Crippen LogP contribution in [0.5, 0.6) is 0 Å². The van der Waals surface area contributed by atoms with E-state index in [4.69, 9.17) is 23.2 Å². The molecule has 0 spiro atoms. The predicted molar refractivity (Wildman–Crippen MR) is 88.8 cm³/mol. The maximum Gasteiger partial charge on any atom is 0.230 e. The second-order valence-electron chi connectivity index (χ2n) is 4.07. The lowest BCUT2D eigenvalue weighted by Crippen LogP contribution is -2.24. The highest BCUT2D eigenvalue weighted by Gasteiger charge is 2.05. The Hall–Kier alpha value is -0.680. The molecule has 1 amide bonds. The van der Waals surface area contributed by atoms with E-state index in [0.717, 1.165) is 15.7 Å². The van der Waals surface area contributed by atoms with Crippen LogP contribution < -0.4 is 5.32 Å². The van der Waals surface area contributed by atoms with Gasteiger partial charge in [0.05, 0.1) is 10.1 Å². The number of rotatable bonds is 6. The highest BCUT2D eigenvalue weighted by atomic mass is 35.5. The zero-order valence-corrected chi connectivity index (χ0v) is 13.7. The number of benzene rings is 1. The second-order valence-corrected chi connectivity index (χ2v) is 7.26. The van der Waals surface area contributed by atoms with Crippen molar-refractivity contribution in [2.45, 2.75) is 12.3 Å². The summed E-state index contributed by atoms with van der Waals surface area (Å²) in [5.41, 5.74) is 0.928. The fraction of sp³-hybridized carbons (Fsp3) is 0.214. The largest absolute Gasteiger partial charge is 0.351 e. The van der Waals surface area contributed by atoms with Gasteiger partial charge in [0, 0.05) is 22.2 Å². The van der Waals surface area contributed by atoms with Crippen molar-refractivity contribution in [2.75, 3.05) is 5.75 Å². The molecule has 0 aliphatic carbocycles. The van der Waals surface area contributed by atoms with Crippen LogP contribution in [-0.4, -0.2) is 11.7 Å². The average Bonchev–Trinajstić information content (AvgIpc) is 2.83. The topological polar surface area (TPSA) is 29.1 Å². The summed E-state index contributed by atoms with van der Waals surface area (Å²) in [7, 11) is 0. The lowest BCUT2D eigenvalue weighted by molar-refractivity contribution is -0.118. The maximum absolute atomic E-state index is 11.7. The summed E-state index contributed by atoms with van der Waals surface area (Å²) in [4.78, 5) is 12.9. The molecule has 0 fully saturated rings. The molecular weight excluding hydrogens is 333 g/mol. The van der Waals surface area contributed by atoms with Gasteiger partial charge in [-0.2, -0.15) is 0 Å². The third-order valence-corrected chi connectivity index (χ3v) is 5.30. The molecule has 0 bridgehead atoms. The number of nitrogens with one attached hydrogen (secondary N) is 1. The molecular formula is C14H13Cl2NOS2. The van der Waals surface area contributed by atoms with E-state index in [1.807, 2.05) is 36.4 Å². The van der Waals surface area contributed by atoms with Gasteiger partial charge in [0.1, 0.15) is 0 Å². The van der Waals surface area contributed by atoms with Gasteiger partial charge < -0.3 is 5.32 Å². The average molecular weight is 346 g/mol. The number of carbonyl (C=O) groups is 1. The fourth-order valence-electron chi connectivity index (χ4n) is 1.56. The van der Waals surface area contributed by atoms with Gasteiger partial charge in [0.25, 0.3) is 0 Å². The van der Waals surface area contributed by atoms with Crippen molar-refractivity contribution in [3.63, 3.8) is 0 Å². The molecule has 1 aromatic carbocycles. The molecule has 0 radical (unpaired) electrons. The first-order valence-electron chi connectivity index (χ1n) is 5.97. The molecule has 0 unspecified atom stereocenters. The molecule has 0 saturated heterocycles. The minimum absolute atomic E-state index is 0.0116. The Morgan fingerprint density at radius 2 is 2.00 bits per heavy atom. The number of halogens is 2. The van der Waals surface area contributed by atoms with Crippen LogP contribution in [0.2, 0.25) is 9.36 Å². The van der Waals surface area contributed by atoms with E-state index >= 15 is 0 Å². The van der Waals surface area contributed by atoms with E-state index < -0.39 is 0 Å². The third-order valence-electron chi connectivity index (χ3n) is 2.54. The number of thiophene rings is 1. The lowest BCUT2D eigenvalue weighted by atomic mass is 10.2. The van der Waals surface area contributed by atoms with Crippen LogP contribution in [0.15, 0.2) is 36.4 Å². The van der Waals surface area contributed by atoms with Crippen LogP contribution in [0.25, 0.3) is 0 Å². The SMILES string of the molecule is O=C(CSCc1ccc(Cl)s1)NCc1ccccc1Cl. The Kier molecular flexibility index (Phi) is 6.23. The summed E-state index contributed by atoms with van der Waals surface area (Å²) in [5, 5.41) is 3.54. The monoisotopic (exact) mass is 345 g/mol. The summed E-state index contributed by atoms with van der Waals surface area (Å²) in [6.07, 6.45) is 0. The van der Waals surface area contributed by atoms with Gasteiger partial charge in [-0.25, -0.2) is 0 Å². The number of amides is 1. The third kappa shape index (κ3) is 5.02.